The van der Waals surface area contributed by atoms with E-state index in [0.717, 1.165) is 12.6 Å². The van der Waals surface area contributed by atoms with Crippen molar-refractivity contribution in [1.82, 2.24) is 5.41 Å². The van der Waals surface area contributed by atoms with Crippen LogP contribution in [0.3, 0.4) is 0 Å². The van der Waals surface area contributed by atoms with E-state index in [1.165, 1.54) is 0 Å². The van der Waals surface area contributed by atoms with E-state index in [1.54, 1.807) is 32.4 Å². The van der Waals surface area contributed by atoms with Gasteiger partial charge in [0, 0.05) is 20.1 Å². The predicted molar refractivity (Wildman–Crippen MR) is 62.3 cm³/mol. The number of ether oxygens (including phenoxy) is 3. The first-order valence-electron chi connectivity index (χ1n) is 5.09. The summed E-state index contributed by atoms with van der Waals surface area (Å²) in [7, 11) is 3.24. The fraction of sp³-hybridized carbons (Fsp3) is 0.417. The van der Waals surface area contributed by atoms with Crippen LogP contribution >= 0.6 is 0 Å². The summed E-state index contributed by atoms with van der Waals surface area (Å²) in [5, 5.41) is 8.89. The first kappa shape index (κ1) is 12.5. The van der Waals surface area contributed by atoms with Gasteiger partial charge in [-0.25, -0.2) is 0 Å². The van der Waals surface area contributed by atoms with Crippen LogP contribution in [-0.4, -0.2) is 33.6 Å². The van der Waals surface area contributed by atoms with E-state index in [9.17, 15) is 0 Å². The van der Waals surface area contributed by atoms with Crippen LogP contribution in [0.15, 0.2) is 18.2 Å². The van der Waals surface area contributed by atoms with Gasteiger partial charge in [0.25, 0.3) is 0 Å². The summed E-state index contributed by atoms with van der Waals surface area (Å²) in [6.45, 7) is 1.22. The number of hydrogen-bond donors (Lipinski definition) is 0. The summed E-state index contributed by atoms with van der Waals surface area (Å²) in [5.74, 6) is 1.28. The molecule has 0 aliphatic rings. The average molecular weight is 222 g/mol. The number of benzene rings is 1. The quantitative estimate of drug-likeness (QED) is 0.516. The second-order valence-electron chi connectivity index (χ2n) is 3.23. The fourth-order valence-corrected chi connectivity index (χ4v) is 1.27. The lowest BCUT2D eigenvalue weighted by molar-refractivity contribution is 0.170. The first-order chi connectivity index (χ1) is 7.81. The molecule has 4 nitrogen and oxygen atoms in total. The van der Waals surface area contributed by atoms with Crippen molar-refractivity contribution in [3.63, 3.8) is 0 Å². The Hall–Kier alpha value is -1.55. The molecule has 0 atom stereocenters. The maximum absolute atomic E-state index is 8.89. The third kappa shape index (κ3) is 3.55. The molecule has 4 heteroatoms. The highest BCUT2D eigenvalue weighted by molar-refractivity contribution is 5.79. The van der Waals surface area contributed by atoms with Crippen LogP contribution in [0.5, 0.6) is 11.5 Å². The monoisotopic (exact) mass is 222 g/mol. The van der Waals surface area contributed by atoms with E-state index in [-0.39, 0.29) is 0 Å². The molecule has 0 saturated carbocycles. The van der Waals surface area contributed by atoms with Gasteiger partial charge in [0.15, 0.2) is 11.5 Å². The van der Waals surface area contributed by atoms with Crippen molar-refractivity contribution in [3.05, 3.63) is 23.8 Å². The zero-order valence-electron chi connectivity index (χ0n) is 9.60. The molecule has 0 aliphatic heterocycles. The third-order valence-electron chi connectivity index (χ3n) is 2.09. The molecule has 0 fully saturated rings. The largest absolute Gasteiger partial charge is 0.493 e. The van der Waals surface area contributed by atoms with Gasteiger partial charge < -0.3 is 14.2 Å². The highest BCUT2D eigenvalue weighted by atomic mass is 16.5. The number of rotatable bonds is 7. The number of hydrogen-bond acceptors (Lipinski definition) is 3. The van der Waals surface area contributed by atoms with E-state index < -0.39 is 0 Å². The molecule has 0 amide bonds. The van der Waals surface area contributed by atoms with E-state index >= 15 is 0 Å². The molecule has 0 spiro atoms. The molecule has 1 rings (SSSR count). The Labute approximate surface area is 95.6 Å². The van der Waals surface area contributed by atoms with Crippen molar-refractivity contribution < 1.29 is 14.2 Å². The normalized spacial score (nSPS) is 9.88. The van der Waals surface area contributed by atoms with Crippen molar-refractivity contribution in [2.24, 2.45) is 0 Å². The minimum absolute atomic E-state index is 0.555. The molecule has 0 heterocycles. The zero-order chi connectivity index (χ0) is 11.8. The molecule has 0 N–H and O–H groups in total. The van der Waals surface area contributed by atoms with Gasteiger partial charge in [-0.2, -0.15) is 5.41 Å². The molecule has 16 heavy (non-hydrogen) atoms. The molecule has 1 aromatic rings. The zero-order valence-corrected chi connectivity index (χ0v) is 9.60. The highest BCUT2D eigenvalue weighted by Gasteiger charge is 2.04. The van der Waals surface area contributed by atoms with Crippen molar-refractivity contribution in [1.29, 1.82) is 0 Å². The summed E-state index contributed by atoms with van der Waals surface area (Å²) in [6.07, 6.45) is 1.84. The summed E-state index contributed by atoms with van der Waals surface area (Å²) in [4.78, 5) is 0. The Bertz CT molecular complexity index is 339. The molecule has 0 saturated heterocycles. The Morgan fingerprint density at radius 3 is 2.62 bits per heavy atom. The Kier molecular flexibility index (Phi) is 5.36. The molecule has 0 bridgehead atoms. The summed E-state index contributed by atoms with van der Waals surface area (Å²) in [6, 6.07) is 5.24. The molecule has 1 aromatic carbocycles. The molecular weight excluding hydrogens is 206 g/mol. The summed E-state index contributed by atoms with van der Waals surface area (Å²) >= 11 is 0. The third-order valence-corrected chi connectivity index (χ3v) is 2.09. The van der Waals surface area contributed by atoms with Gasteiger partial charge in [-0.1, -0.05) is 0 Å². The van der Waals surface area contributed by atoms with Crippen LogP contribution in [-0.2, 0) is 4.74 Å². The minimum atomic E-state index is 0.555. The van der Waals surface area contributed by atoms with Gasteiger partial charge in [-0.15, -0.1) is 0 Å². The van der Waals surface area contributed by atoms with Crippen LogP contribution in [0.4, 0.5) is 0 Å². The first-order valence-corrected chi connectivity index (χ1v) is 5.09. The topological polar surface area (TPSA) is 50.0 Å². The molecular formula is C12H16NO3. The van der Waals surface area contributed by atoms with Gasteiger partial charge in [0.1, 0.15) is 0 Å². The molecule has 0 aromatic heterocycles. The van der Waals surface area contributed by atoms with Gasteiger partial charge in [0.05, 0.1) is 19.9 Å². The predicted octanol–water partition coefficient (Wildman–Crippen LogP) is 1.33. The van der Waals surface area contributed by atoms with Crippen LogP contribution in [0, 0.1) is 0 Å². The summed E-state index contributed by atoms with van der Waals surface area (Å²) < 4.78 is 15.6. The Balaban J connectivity index is 2.64. The molecule has 1 radical (unpaired) electrons. The smallest absolute Gasteiger partial charge is 0.161 e. The SMILES string of the molecule is COCCCOc1cc(C=[N])ccc1OC. The van der Waals surface area contributed by atoms with E-state index in [2.05, 4.69) is 0 Å². The lowest BCUT2D eigenvalue weighted by Gasteiger charge is -2.10. The second-order valence-corrected chi connectivity index (χ2v) is 3.23. The molecule has 0 aliphatic carbocycles. The summed E-state index contributed by atoms with van der Waals surface area (Å²) in [5.41, 5.74) is 0.683. The maximum Gasteiger partial charge on any atom is 0.161 e. The van der Waals surface area contributed by atoms with E-state index in [4.69, 9.17) is 19.6 Å². The number of nitrogens with zero attached hydrogens (tertiary/aromatic N) is 1. The molecule has 0 unspecified atom stereocenters. The number of methoxy groups -OCH3 is 2. The van der Waals surface area contributed by atoms with Gasteiger partial charge in [-0.3, -0.25) is 0 Å². The van der Waals surface area contributed by atoms with Gasteiger partial charge in [-0.05, 0) is 23.8 Å². The second kappa shape index (κ2) is 6.85. The Morgan fingerprint density at radius 2 is 2.00 bits per heavy atom. The Morgan fingerprint density at radius 1 is 1.19 bits per heavy atom. The van der Waals surface area contributed by atoms with Crippen LogP contribution in [0.25, 0.3) is 0 Å². The van der Waals surface area contributed by atoms with Crippen molar-refractivity contribution in [2.45, 2.75) is 6.42 Å². The van der Waals surface area contributed by atoms with Crippen molar-refractivity contribution >= 4 is 6.21 Å². The van der Waals surface area contributed by atoms with E-state index in [1.807, 2.05) is 0 Å². The van der Waals surface area contributed by atoms with Gasteiger partial charge in [0.2, 0.25) is 0 Å². The highest BCUT2D eigenvalue weighted by Crippen LogP contribution is 2.27. The van der Waals surface area contributed by atoms with E-state index in [0.29, 0.717) is 30.3 Å². The minimum Gasteiger partial charge on any atom is -0.493 e. The van der Waals surface area contributed by atoms with Crippen LogP contribution in [0.1, 0.15) is 12.0 Å². The van der Waals surface area contributed by atoms with Crippen LogP contribution in [0.2, 0.25) is 0 Å². The standard InChI is InChI=1S/C12H16NO3/c1-14-6-3-7-16-12-8-10(9-13)4-5-11(12)15-2/h4-5,8-9H,3,6-7H2,1-2H3. The van der Waals surface area contributed by atoms with Crippen LogP contribution < -0.4 is 14.9 Å². The fourth-order valence-electron chi connectivity index (χ4n) is 1.27. The maximum atomic E-state index is 8.89. The van der Waals surface area contributed by atoms with Gasteiger partial charge >= 0.3 is 0 Å². The lowest BCUT2D eigenvalue weighted by Crippen LogP contribution is -2.03. The lowest BCUT2D eigenvalue weighted by atomic mass is 10.2. The average Bonchev–Trinajstić information content (AvgIpc) is 2.34. The van der Waals surface area contributed by atoms with Crippen molar-refractivity contribution in [2.75, 3.05) is 27.4 Å². The van der Waals surface area contributed by atoms with Crippen molar-refractivity contribution in [3.8, 4) is 11.5 Å². The molecule has 87 valence electrons.